The van der Waals surface area contributed by atoms with Gasteiger partial charge in [0, 0.05) is 25.8 Å². The van der Waals surface area contributed by atoms with Crippen LogP contribution in [-0.4, -0.2) is 30.9 Å². The molecule has 0 radical (unpaired) electrons. The number of carbonyl (C=O) groups excluding carboxylic acids is 1. The first-order valence-corrected chi connectivity index (χ1v) is 7.71. The molecule has 0 bridgehead atoms. The minimum atomic E-state index is 0.134. The second-order valence-corrected chi connectivity index (χ2v) is 5.79. The highest BCUT2D eigenvalue weighted by molar-refractivity contribution is 5.99. The van der Waals surface area contributed by atoms with Crippen LogP contribution in [0.15, 0.2) is 24.3 Å². The van der Waals surface area contributed by atoms with E-state index in [1.807, 2.05) is 43.3 Å². The molecule has 0 aliphatic heterocycles. The van der Waals surface area contributed by atoms with Crippen LogP contribution in [-0.2, 0) is 0 Å². The summed E-state index contributed by atoms with van der Waals surface area (Å²) in [6, 6.07) is 8.14. The summed E-state index contributed by atoms with van der Waals surface area (Å²) in [7, 11) is 3.81. The van der Waals surface area contributed by atoms with Crippen molar-refractivity contribution in [3.8, 4) is 0 Å². The van der Waals surface area contributed by atoms with Gasteiger partial charge in [0.2, 0.25) is 0 Å². The molecule has 0 atom stereocenters. The monoisotopic (exact) mass is 274 g/mol. The van der Waals surface area contributed by atoms with E-state index in [-0.39, 0.29) is 5.91 Å². The van der Waals surface area contributed by atoms with Crippen LogP contribution in [0.25, 0.3) is 0 Å². The average molecular weight is 274 g/mol. The van der Waals surface area contributed by atoms with Crippen molar-refractivity contribution < 1.29 is 4.79 Å². The Balaban J connectivity index is 2.05. The summed E-state index contributed by atoms with van der Waals surface area (Å²) in [6.45, 7) is 2.27. The van der Waals surface area contributed by atoms with Crippen molar-refractivity contribution in [2.75, 3.05) is 19.4 Å². The molecule has 1 aromatic carbocycles. The number of nitrogens with zero attached hydrogens (tertiary/aromatic N) is 1. The number of anilines is 1. The summed E-state index contributed by atoms with van der Waals surface area (Å²) in [5.41, 5.74) is 1.68. The topological polar surface area (TPSA) is 32.3 Å². The minimum absolute atomic E-state index is 0.134. The summed E-state index contributed by atoms with van der Waals surface area (Å²) >= 11 is 0. The molecular formula is C17H26N2O. The van der Waals surface area contributed by atoms with E-state index in [2.05, 4.69) is 12.2 Å². The molecule has 1 fully saturated rings. The van der Waals surface area contributed by atoms with Crippen molar-refractivity contribution in [1.82, 2.24) is 4.90 Å². The van der Waals surface area contributed by atoms with Gasteiger partial charge in [0.25, 0.3) is 5.91 Å². The van der Waals surface area contributed by atoms with Gasteiger partial charge in [-0.15, -0.1) is 0 Å². The fraction of sp³-hybridized carbons (Fsp3) is 0.588. The van der Waals surface area contributed by atoms with Crippen LogP contribution in [0.4, 0.5) is 5.69 Å². The third-order valence-electron chi connectivity index (χ3n) is 4.69. The van der Waals surface area contributed by atoms with Crippen LogP contribution >= 0.6 is 0 Å². The van der Waals surface area contributed by atoms with E-state index in [1.54, 1.807) is 0 Å². The highest BCUT2D eigenvalue weighted by Gasteiger charge is 2.27. The lowest BCUT2D eigenvalue weighted by atomic mass is 9.84. The van der Waals surface area contributed by atoms with Crippen LogP contribution in [0.2, 0.25) is 0 Å². The summed E-state index contributed by atoms with van der Waals surface area (Å²) in [5.74, 6) is 0.995. The number of amides is 1. The van der Waals surface area contributed by atoms with Gasteiger partial charge in [-0.25, -0.2) is 0 Å². The van der Waals surface area contributed by atoms with Gasteiger partial charge in [-0.2, -0.15) is 0 Å². The van der Waals surface area contributed by atoms with Crippen LogP contribution in [0, 0.1) is 5.92 Å². The van der Waals surface area contributed by atoms with E-state index in [0.717, 1.165) is 30.0 Å². The summed E-state index contributed by atoms with van der Waals surface area (Å²) < 4.78 is 0. The summed E-state index contributed by atoms with van der Waals surface area (Å²) in [5, 5.41) is 3.10. The number of para-hydroxylation sites is 1. The molecule has 0 unspecified atom stereocenters. The zero-order chi connectivity index (χ0) is 14.5. The fourth-order valence-corrected chi connectivity index (χ4v) is 3.18. The first-order chi connectivity index (χ1) is 9.67. The molecule has 0 heterocycles. The first-order valence-electron chi connectivity index (χ1n) is 7.71. The van der Waals surface area contributed by atoms with Crippen molar-refractivity contribution in [2.24, 2.45) is 5.92 Å². The molecule has 1 aliphatic carbocycles. The average Bonchev–Trinajstić information content (AvgIpc) is 2.53. The van der Waals surface area contributed by atoms with E-state index in [1.165, 1.54) is 19.3 Å². The SMILES string of the molecule is CCC1CCC(N(C)C(=O)c2ccccc2NC)CC1. The van der Waals surface area contributed by atoms with E-state index >= 15 is 0 Å². The van der Waals surface area contributed by atoms with Crippen LogP contribution in [0.3, 0.4) is 0 Å². The highest BCUT2D eigenvalue weighted by Crippen LogP contribution is 2.30. The van der Waals surface area contributed by atoms with Crippen LogP contribution < -0.4 is 5.32 Å². The van der Waals surface area contributed by atoms with Crippen molar-refractivity contribution in [3.05, 3.63) is 29.8 Å². The van der Waals surface area contributed by atoms with Crippen molar-refractivity contribution >= 4 is 11.6 Å². The normalized spacial score (nSPS) is 22.4. The van der Waals surface area contributed by atoms with Crippen molar-refractivity contribution in [2.45, 2.75) is 45.1 Å². The van der Waals surface area contributed by atoms with Gasteiger partial charge in [0.1, 0.15) is 0 Å². The van der Waals surface area contributed by atoms with Gasteiger partial charge in [0.15, 0.2) is 0 Å². The lowest BCUT2D eigenvalue weighted by Crippen LogP contribution is -2.39. The van der Waals surface area contributed by atoms with Gasteiger partial charge < -0.3 is 10.2 Å². The Hall–Kier alpha value is -1.51. The molecular weight excluding hydrogens is 248 g/mol. The third kappa shape index (κ3) is 3.14. The highest BCUT2D eigenvalue weighted by atomic mass is 16.2. The van der Waals surface area contributed by atoms with E-state index in [9.17, 15) is 4.79 Å². The largest absolute Gasteiger partial charge is 0.387 e. The molecule has 0 saturated heterocycles. The molecule has 20 heavy (non-hydrogen) atoms. The fourth-order valence-electron chi connectivity index (χ4n) is 3.18. The predicted octanol–water partition coefficient (Wildman–Crippen LogP) is 3.77. The van der Waals surface area contributed by atoms with Gasteiger partial charge in [0.05, 0.1) is 5.56 Å². The molecule has 0 aromatic heterocycles. The zero-order valence-electron chi connectivity index (χ0n) is 12.9. The van der Waals surface area contributed by atoms with Gasteiger partial charge >= 0.3 is 0 Å². The number of nitrogens with one attached hydrogen (secondary N) is 1. The van der Waals surface area contributed by atoms with Crippen LogP contribution in [0.1, 0.15) is 49.4 Å². The van der Waals surface area contributed by atoms with Gasteiger partial charge in [-0.3, -0.25) is 4.79 Å². The number of hydrogen-bond acceptors (Lipinski definition) is 2. The first kappa shape index (κ1) is 14.9. The maximum atomic E-state index is 12.7. The van der Waals surface area contributed by atoms with Crippen molar-refractivity contribution in [3.63, 3.8) is 0 Å². The lowest BCUT2D eigenvalue weighted by Gasteiger charge is -2.34. The van der Waals surface area contributed by atoms with E-state index < -0.39 is 0 Å². The third-order valence-corrected chi connectivity index (χ3v) is 4.69. The predicted molar refractivity (Wildman–Crippen MR) is 84.1 cm³/mol. The number of carbonyl (C=O) groups is 1. The molecule has 1 N–H and O–H groups in total. The Labute approximate surface area is 122 Å². The Morgan fingerprint density at radius 1 is 1.25 bits per heavy atom. The summed E-state index contributed by atoms with van der Waals surface area (Å²) in [4.78, 5) is 14.6. The second-order valence-electron chi connectivity index (χ2n) is 5.79. The Kier molecular flexibility index (Phi) is 5.05. The molecule has 1 amide bonds. The molecule has 110 valence electrons. The summed E-state index contributed by atoms with van der Waals surface area (Å²) in [6.07, 6.45) is 6.07. The minimum Gasteiger partial charge on any atom is -0.387 e. The Morgan fingerprint density at radius 3 is 2.50 bits per heavy atom. The standard InChI is InChI=1S/C17H26N2O/c1-4-13-9-11-14(12-10-13)19(3)17(20)15-7-5-6-8-16(15)18-2/h5-8,13-14,18H,4,9-12H2,1-3H3. The Morgan fingerprint density at radius 2 is 1.90 bits per heavy atom. The van der Waals surface area contributed by atoms with E-state index in [4.69, 9.17) is 0 Å². The molecule has 3 heteroatoms. The quantitative estimate of drug-likeness (QED) is 0.906. The maximum absolute atomic E-state index is 12.7. The molecule has 1 aliphatic rings. The molecule has 2 rings (SSSR count). The lowest BCUT2D eigenvalue weighted by molar-refractivity contribution is 0.0675. The molecule has 0 spiro atoms. The van der Waals surface area contributed by atoms with Crippen LogP contribution in [0.5, 0.6) is 0 Å². The Bertz CT molecular complexity index is 450. The molecule has 1 aromatic rings. The molecule has 3 nitrogen and oxygen atoms in total. The number of benzene rings is 1. The van der Waals surface area contributed by atoms with Gasteiger partial charge in [-0.05, 0) is 43.7 Å². The van der Waals surface area contributed by atoms with Gasteiger partial charge in [-0.1, -0.05) is 25.5 Å². The smallest absolute Gasteiger partial charge is 0.255 e. The number of rotatable bonds is 4. The molecule has 1 saturated carbocycles. The maximum Gasteiger partial charge on any atom is 0.255 e. The number of hydrogen-bond donors (Lipinski definition) is 1. The van der Waals surface area contributed by atoms with E-state index in [0.29, 0.717) is 6.04 Å². The second kappa shape index (κ2) is 6.78. The van der Waals surface area contributed by atoms with Crippen molar-refractivity contribution in [1.29, 1.82) is 0 Å². The zero-order valence-corrected chi connectivity index (χ0v) is 12.9.